The van der Waals surface area contributed by atoms with Crippen LogP contribution in [0.4, 0.5) is 13.2 Å². The maximum atomic E-state index is 13.7. The number of alkyl halides is 6. The highest BCUT2D eigenvalue weighted by molar-refractivity contribution is 9.09. The van der Waals surface area contributed by atoms with Crippen molar-refractivity contribution in [1.29, 1.82) is 0 Å². The number of hydrogen-bond acceptors (Lipinski definition) is 7. The first-order chi connectivity index (χ1) is 19.6. The van der Waals surface area contributed by atoms with E-state index in [1.807, 2.05) is 0 Å². The van der Waals surface area contributed by atoms with Gasteiger partial charge in [0, 0.05) is 24.4 Å². The highest BCUT2D eigenvalue weighted by Gasteiger charge is 2.76. The van der Waals surface area contributed by atoms with Crippen molar-refractivity contribution in [2.75, 3.05) is 12.0 Å². The van der Waals surface area contributed by atoms with E-state index in [2.05, 4.69) is 20.7 Å². The van der Waals surface area contributed by atoms with Crippen LogP contribution in [0.5, 0.6) is 11.5 Å². The van der Waals surface area contributed by atoms with E-state index in [4.69, 9.17) is 28.3 Å². The van der Waals surface area contributed by atoms with Crippen molar-refractivity contribution in [1.82, 2.24) is 9.80 Å². The number of carboxylic acid groups (broad SMARTS) is 1. The lowest BCUT2D eigenvalue weighted by Crippen LogP contribution is -2.60. The van der Waals surface area contributed by atoms with Crippen LogP contribution >= 0.6 is 39.1 Å². The van der Waals surface area contributed by atoms with E-state index in [-0.39, 0.29) is 48.8 Å². The molecule has 0 aromatic heterocycles. The van der Waals surface area contributed by atoms with Crippen molar-refractivity contribution < 1.29 is 52.1 Å². The van der Waals surface area contributed by atoms with Crippen molar-refractivity contribution in [3.8, 4) is 11.5 Å². The summed E-state index contributed by atoms with van der Waals surface area (Å²) in [6.07, 6.45) is -4.20. The molecule has 2 aliphatic carbocycles. The number of carboxylic acids is 1. The number of likely N-dealkylation sites (tertiary alicyclic amines) is 2. The normalized spacial score (nSPS) is 32.5. The molecule has 6 unspecified atom stereocenters. The summed E-state index contributed by atoms with van der Waals surface area (Å²) in [5.41, 5.74) is -0.347. The third-order valence-corrected chi connectivity index (χ3v) is 10.3. The number of rotatable bonds is 7. The van der Waals surface area contributed by atoms with E-state index in [9.17, 15) is 42.3 Å². The molecule has 1 saturated carbocycles. The average Bonchev–Trinajstić information content (AvgIpc) is 3.22. The fourth-order valence-corrected chi connectivity index (χ4v) is 8.15. The number of allylic oxidation sites excluding steroid dienone is 2. The Balaban J connectivity index is 1.65. The number of ether oxygens (including phenoxy) is 1. The number of nitrogens with zero attached hydrogens (tertiary/aromatic N) is 2. The fourth-order valence-electron chi connectivity index (χ4n) is 6.73. The number of halogens is 6. The molecule has 10 nitrogen and oxygen atoms in total. The van der Waals surface area contributed by atoms with Crippen LogP contribution in [0.2, 0.25) is 0 Å². The zero-order chi connectivity index (χ0) is 30.9. The molecule has 42 heavy (non-hydrogen) atoms. The molecule has 5 rings (SSSR count). The van der Waals surface area contributed by atoms with Gasteiger partial charge in [-0.3, -0.25) is 33.8 Å². The van der Waals surface area contributed by atoms with Crippen molar-refractivity contribution in [2.24, 2.45) is 17.8 Å². The molecule has 0 spiro atoms. The maximum absolute atomic E-state index is 13.7. The van der Waals surface area contributed by atoms with Gasteiger partial charge in [-0.05, 0) is 43.4 Å². The number of benzene rings is 1. The molecule has 3 fully saturated rings. The first kappa shape index (κ1) is 30.6. The number of carbonyl (C=O) groups is 5. The molecule has 1 aromatic rings. The molecule has 2 aliphatic heterocycles. The number of fused-ring (bicyclic) bond motifs is 4. The molecule has 2 heterocycles. The molecule has 4 aliphatic rings. The smallest absolute Gasteiger partial charge is 0.508 e. The molecule has 6 atom stereocenters. The summed E-state index contributed by atoms with van der Waals surface area (Å²) in [5.74, 6) is -9.88. The Bertz CT molecular complexity index is 1440. The van der Waals surface area contributed by atoms with Gasteiger partial charge in [-0.15, -0.1) is 36.4 Å². The van der Waals surface area contributed by atoms with Crippen LogP contribution in [0, 0.1) is 17.8 Å². The molecule has 4 amide bonds. The highest BCUT2D eigenvalue weighted by Crippen LogP contribution is 2.66. The van der Waals surface area contributed by atoms with Crippen molar-refractivity contribution in [2.45, 2.75) is 47.7 Å². The summed E-state index contributed by atoms with van der Waals surface area (Å²) in [4.78, 5) is 62.3. The van der Waals surface area contributed by atoms with Gasteiger partial charge in [-0.25, -0.2) is 0 Å². The van der Waals surface area contributed by atoms with Gasteiger partial charge in [-0.2, -0.15) is 0 Å². The van der Waals surface area contributed by atoms with Gasteiger partial charge in [0.1, 0.15) is 11.5 Å². The molecule has 16 heteroatoms. The Morgan fingerprint density at radius 1 is 1.10 bits per heavy atom. The summed E-state index contributed by atoms with van der Waals surface area (Å²) in [6, 6.07) is 2.62. The summed E-state index contributed by atoms with van der Waals surface area (Å²) >= 11 is 17.1. The molecule has 226 valence electrons. The van der Waals surface area contributed by atoms with Crippen LogP contribution in [-0.2, 0) is 24.0 Å². The standard InChI is InChI=1S/C26H22BrCl2F3N2O8/c27-10-34-22(40)24(28)9-15-12(4-5-13-18(15)21(39)33(20(13)38)7-1-2-17(36)37)19(25(24,29)23(34)41)14-8-11(3-6-16(14)35)42-26(30,31)32/h3-4,6,8,13,15,18-19,35H,1-2,5,7,9-10H2,(H,36,37). The minimum absolute atomic E-state index is 0.0110. The topological polar surface area (TPSA) is 142 Å². The summed E-state index contributed by atoms with van der Waals surface area (Å²) in [6.45, 7) is -0.152. The third kappa shape index (κ3) is 4.48. The average molecular weight is 698 g/mol. The zero-order valence-corrected chi connectivity index (χ0v) is 24.5. The number of imide groups is 2. The molecule has 0 radical (unpaired) electrons. The molecule has 2 N–H and O–H groups in total. The second-order valence-corrected chi connectivity index (χ2v) is 12.3. The lowest BCUT2D eigenvalue weighted by Gasteiger charge is -2.50. The SMILES string of the molecule is O=C(O)CCCN1C(=O)C2CC=C3C(CC4(Cl)C(=O)N(CBr)C(=O)C4(Cl)C3c3cc(OC(F)(F)F)ccc3O)C2C1=O. The summed E-state index contributed by atoms with van der Waals surface area (Å²) < 4.78 is 43.3. The highest BCUT2D eigenvalue weighted by atomic mass is 79.9. The van der Waals surface area contributed by atoms with Crippen LogP contribution in [0.1, 0.15) is 37.2 Å². The Labute approximate surface area is 254 Å². The van der Waals surface area contributed by atoms with Crippen LogP contribution in [0.15, 0.2) is 29.8 Å². The summed E-state index contributed by atoms with van der Waals surface area (Å²) in [7, 11) is 0. The largest absolute Gasteiger partial charge is 0.573 e. The zero-order valence-electron chi connectivity index (χ0n) is 21.4. The predicted molar refractivity (Wildman–Crippen MR) is 142 cm³/mol. The van der Waals surface area contributed by atoms with E-state index in [0.717, 1.165) is 28.0 Å². The number of phenols is 1. The first-order valence-electron chi connectivity index (χ1n) is 12.7. The van der Waals surface area contributed by atoms with Crippen LogP contribution in [0.3, 0.4) is 0 Å². The van der Waals surface area contributed by atoms with Crippen LogP contribution < -0.4 is 4.74 Å². The van der Waals surface area contributed by atoms with E-state index in [1.54, 1.807) is 6.08 Å². The number of amides is 4. The van der Waals surface area contributed by atoms with Crippen molar-refractivity contribution >= 4 is 68.7 Å². The first-order valence-corrected chi connectivity index (χ1v) is 14.6. The van der Waals surface area contributed by atoms with Gasteiger partial charge in [0.15, 0.2) is 9.75 Å². The number of aromatic hydroxyl groups is 1. The molecule has 1 aromatic carbocycles. The van der Waals surface area contributed by atoms with E-state index < -0.39 is 80.9 Å². The molecule has 2 saturated heterocycles. The summed E-state index contributed by atoms with van der Waals surface area (Å²) in [5, 5.41) is 19.8. The van der Waals surface area contributed by atoms with Gasteiger partial charge in [0.2, 0.25) is 11.8 Å². The van der Waals surface area contributed by atoms with Crippen LogP contribution in [-0.4, -0.2) is 77.7 Å². The number of aliphatic carboxylic acids is 1. The quantitative estimate of drug-likeness (QED) is 0.189. The molecular weight excluding hydrogens is 676 g/mol. The predicted octanol–water partition coefficient (Wildman–Crippen LogP) is 3.87. The Morgan fingerprint density at radius 2 is 1.79 bits per heavy atom. The van der Waals surface area contributed by atoms with E-state index in [1.165, 1.54) is 0 Å². The second kappa shape index (κ2) is 10.4. The van der Waals surface area contributed by atoms with E-state index >= 15 is 0 Å². The Hall–Kier alpha value is -2.84. The number of hydrogen-bond donors (Lipinski definition) is 2. The maximum Gasteiger partial charge on any atom is 0.573 e. The van der Waals surface area contributed by atoms with Gasteiger partial charge in [0.05, 0.1) is 17.3 Å². The fraction of sp³-hybridized carbons (Fsp3) is 0.500. The molecule has 0 bridgehead atoms. The van der Waals surface area contributed by atoms with Gasteiger partial charge in [-0.1, -0.05) is 27.6 Å². The lowest BCUT2D eigenvalue weighted by atomic mass is 9.56. The van der Waals surface area contributed by atoms with Gasteiger partial charge >= 0.3 is 12.3 Å². The Morgan fingerprint density at radius 3 is 2.40 bits per heavy atom. The van der Waals surface area contributed by atoms with Crippen molar-refractivity contribution in [3.05, 3.63) is 35.4 Å². The number of phenolic OH excluding ortho intramolecular Hbond substituents is 1. The monoisotopic (exact) mass is 696 g/mol. The van der Waals surface area contributed by atoms with Crippen molar-refractivity contribution in [3.63, 3.8) is 0 Å². The van der Waals surface area contributed by atoms with Crippen LogP contribution in [0.25, 0.3) is 0 Å². The lowest BCUT2D eigenvalue weighted by molar-refractivity contribution is -0.274. The minimum Gasteiger partial charge on any atom is -0.508 e. The number of carbonyl (C=O) groups excluding carboxylic acids is 4. The van der Waals surface area contributed by atoms with E-state index in [0.29, 0.717) is 0 Å². The second-order valence-electron chi connectivity index (χ2n) is 10.6. The Kier molecular flexibility index (Phi) is 7.58. The minimum atomic E-state index is -5.10. The molecular formula is C26H22BrCl2F3N2O8. The van der Waals surface area contributed by atoms with Gasteiger partial charge < -0.3 is 14.9 Å². The third-order valence-electron chi connectivity index (χ3n) is 8.42. The van der Waals surface area contributed by atoms with Gasteiger partial charge in [0.25, 0.3) is 11.8 Å².